The summed E-state index contributed by atoms with van der Waals surface area (Å²) in [5, 5.41) is 9.33. The molecule has 2 rings (SSSR count). The second kappa shape index (κ2) is 13.4. The number of hydrogen-bond donors (Lipinski definition) is 1. The zero-order valence-corrected chi connectivity index (χ0v) is 17.1. The molecule has 7 nitrogen and oxygen atoms in total. The fourth-order valence-electron chi connectivity index (χ4n) is 2.38. The largest absolute Gasteiger partial charge is 0.508 e. The monoisotopic (exact) mass is 424 g/mol. The highest BCUT2D eigenvalue weighted by atomic mass is 35.5. The molecule has 2 aromatic rings. The number of carbonyl (C=O) groups excluding carboxylic acids is 2. The van der Waals surface area contributed by atoms with Crippen molar-refractivity contribution in [1.29, 1.82) is 0 Å². The first-order valence-corrected chi connectivity index (χ1v) is 9.13. The van der Waals surface area contributed by atoms with Gasteiger partial charge in [-0.05, 0) is 35.4 Å². The standard InChI is InChI=1S/C15H15ClO2.C6H10O5/c1-15(2,11-3-7-13(17)8-4-11)12-5-9-14(18-16)10-6-12;7-5-10-3-1-9-2-4-11-6-8/h3-10,17H,1-2H3;5-6H,1-4H2. The van der Waals surface area contributed by atoms with Gasteiger partial charge in [0.1, 0.15) is 36.6 Å². The first kappa shape index (κ1) is 24.3. The van der Waals surface area contributed by atoms with Crippen molar-refractivity contribution in [3.63, 3.8) is 0 Å². The first-order valence-electron chi connectivity index (χ1n) is 8.82. The Morgan fingerprint density at radius 2 is 1.28 bits per heavy atom. The minimum absolute atomic E-state index is 0.140. The molecule has 0 aliphatic carbocycles. The van der Waals surface area contributed by atoms with Crippen LogP contribution in [0.4, 0.5) is 0 Å². The molecule has 0 spiro atoms. The zero-order chi connectivity index (χ0) is 21.5. The van der Waals surface area contributed by atoms with Crippen LogP contribution in [0.25, 0.3) is 0 Å². The highest BCUT2D eigenvalue weighted by Gasteiger charge is 2.22. The number of benzene rings is 2. The lowest BCUT2D eigenvalue weighted by atomic mass is 9.78. The van der Waals surface area contributed by atoms with Crippen molar-refractivity contribution in [2.75, 3.05) is 26.4 Å². The van der Waals surface area contributed by atoms with Crippen LogP contribution in [0, 0.1) is 0 Å². The summed E-state index contributed by atoms with van der Waals surface area (Å²) < 4.78 is 18.2. The molecule has 29 heavy (non-hydrogen) atoms. The van der Waals surface area contributed by atoms with E-state index in [-0.39, 0.29) is 24.4 Å². The second-order valence-corrected chi connectivity index (χ2v) is 6.47. The Morgan fingerprint density at radius 1 is 0.828 bits per heavy atom. The van der Waals surface area contributed by atoms with Crippen LogP contribution < -0.4 is 4.29 Å². The van der Waals surface area contributed by atoms with Crippen molar-refractivity contribution < 1.29 is 33.2 Å². The minimum Gasteiger partial charge on any atom is -0.508 e. The number of aromatic hydroxyl groups is 1. The molecular weight excluding hydrogens is 400 g/mol. The fourth-order valence-corrected chi connectivity index (χ4v) is 2.48. The molecule has 2 aromatic carbocycles. The van der Waals surface area contributed by atoms with E-state index in [1.54, 1.807) is 12.1 Å². The lowest BCUT2D eigenvalue weighted by Gasteiger charge is -2.26. The summed E-state index contributed by atoms with van der Waals surface area (Å²) in [6, 6.07) is 14.9. The molecule has 0 atom stereocenters. The number of carbonyl (C=O) groups is 2. The summed E-state index contributed by atoms with van der Waals surface area (Å²) in [4.78, 5) is 19.2. The third-order valence-electron chi connectivity index (χ3n) is 4.08. The Morgan fingerprint density at radius 3 is 1.69 bits per heavy atom. The van der Waals surface area contributed by atoms with Crippen LogP contribution in [0.15, 0.2) is 48.5 Å². The van der Waals surface area contributed by atoms with Crippen LogP contribution in [-0.2, 0) is 29.2 Å². The number of halogens is 1. The summed E-state index contributed by atoms with van der Waals surface area (Å²) in [5.74, 6) is 0.905. The highest BCUT2D eigenvalue weighted by molar-refractivity contribution is 6.09. The zero-order valence-electron chi connectivity index (χ0n) is 16.4. The van der Waals surface area contributed by atoms with E-state index in [9.17, 15) is 14.7 Å². The van der Waals surface area contributed by atoms with E-state index in [1.807, 2.05) is 36.4 Å². The molecule has 0 aromatic heterocycles. The number of rotatable bonds is 11. The van der Waals surface area contributed by atoms with E-state index >= 15 is 0 Å². The van der Waals surface area contributed by atoms with Gasteiger partial charge in [-0.3, -0.25) is 9.59 Å². The Kier molecular flexibility index (Phi) is 11.2. The second-order valence-electron chi connectivity index (χ2n) is 6.32. The fraction of sp³-hybridized carbons (Fsp3) is 0.333. The van der Waals surface area contributed by atoms with Crippen LogP contribution in [0.3, 0.4) is 0 Å². The Labute approximate surface area is 175 Å². The maximum Gasteiger partial charge on any atom is 0.293 e. The van der Waals surface area contributed by atoms with Gasteiger partial charge in [-0.25, -0.2) is 0 Å². The van der Waals surface area contributed by atoms with Gasteiger partial charge in [-0.2, -0.15) is 0 Å². The van der Waals surface area contributed by atoms with Crippen LogP contribution >= 0.6 is 11.9 Å². The molecule has 0 bridgehead atoms. The quantitative estimate of drug-likeness (QED) is 0.435. The smallest absolute Gasteiger partial charge is 0.293 e. The maximum absolute atomic E-state index is 9.59. The van der Waals surface area contributed by atoms with E-state index in [2.05, 4.69) is 27.6 Å². The van der Waals surface area contributed by atoms with Gasteiger partial charge in [0, 0.05) is 5.41 Å². The molecule has 8 heteroatoms. The molecule has 0 unspecified atom stereocenters. The van der Waals surface area contributed by atoms with Crippen LogP contribution in [-0.4, -0.2) is 44.5 Å². The summed E-state index contributed by atoms with van der Waals surface area (Å²) in [6.07, 6.45) is 0. The number of hydrogen-bond acceptors (Lipinski definition) is 7. The third-order valence-corrected chi connectivity index (χ3v) is 4.26. The number of phenols is 1. The normalized spacial score (nSPS) is 10.3. The first-order chi connectivity index (χ1) is 14.0. The van der Waals surface area contributed by atoms with Crippen molar-refractivity contribution in [2.45, 2.75) is 19.3 Å². The Hall–Kier alpha value is -2.77. The van der Waals surface area contributed by atoms with Gasteiger partial charge >= 0.3 is 0 Å². The lowest BCUT2D eigenvalue weighted by molar-refractivity contribution is -0.131. The maximum atomic E-state index is 9.59. The average Bonchev–Trinajstić information content (AvgIpc) is 2.74. The summed E-state index contributed by atoms with van der Waals surface area (Å²) in [7, 11) is 0. The van der Waals surface area contributed by atoms with E-state index in [4.69, 9.17) is 16.6 Å². The van der Waals surface area contributed by atoms with Crippen LogP contribution in [0.5, 0.6) is 11.5 Å². The molecule has 158 valence electrons. The molecule has 0 heterocycles. The lowest BCUT2D eigenvalue weighted by Crippen LogP contribution is -2.18. The molecule has 0 amide bonds. The van der Waals surface area contributed by atoms with E-state index in [0.717, 1.165) is 11.1 Å². The molecule has 0 saturated heterocycles. The number of ether oxygens (including phenoxy) is 3. The van der Waals surface area contributed by atoms with Crippen LogP contribution in [0.2, 0.25) is 0 Å². The molecule has 0 saturated carbocycles. The van der Waals surface area contributed by atoms with Crippen molar-refractivity contribution in [2.24, 2.45) is 0 Å². The molecule has 1 N–H and O–H groups in total. The summed E-state index contributed by atoms with van der Waals surface area (Å²) in [5.41, 5.74) is 2.16. The minimum atomic E-state index is -0.140. The molecular formula is C21H25ClO7. The van der Waals surface area contributed by atoms with Gasteiger partial charge in [0.25, 0.3) is 12.9 Å². The van der Waals surface area contributed by atoms with Crippen LogP contribution in [0.1, 0.15) is 25.0 Å². The molecule has 0 aliphatic heterocycles. The van der Waals surface area contributed by atoms with Crippen molar-refractivity contribution in [3.8, 4) is 11.5 Å². The van der Waals surface area contributed by atoms with Gasteiger partial charge in [0.05, 0.1) is 13.2 Å². The average molecular weight is 425 g/mol. The van der Waals surface area contributed by atoms with Crippen molar-refractivity contribution in [3.05, 3.63) is 59.7 Å². The summed E-state index contributed by atoms with van der Waals surface area (Å²) >= 11 is 5.30. The topological polar surface area (TPSA) is 91.3 Å². The van der Waals surface area contributed by atoms with Crippen molar-refractivity contribution >= 4 is 24.8 Å². The number of phenolic OH excluding ortho intramolecular Hbond substituents is 1. The molecule has 0 fully saturated rings. The molecule has 0 radical (unpaired) electrons. The summed E-state index contributed by atoms with van der Waals surface area (Å²) in [6.45, 7) is 6.07. The van der Waals surface area contributed by atoms with Gasteiger partial charge in [-0.1, -0.05) is 38.1 Å². The van der Waals surface area contributed by atoms with Gasteiger partial charge in [0.2, 0.25) is 0 Å². The van der Waals surface area contributed by atoms with Gasteiger partial charge in [0.15, 0.2) is 0 Å². The van der Waals surface area contributed by atoms with Gasteiger partial charge < -0.3 is 23.6 Å². The van der Waals surface area contributed by atoms with E-state index in [0.29, 0.717) is 31.9 Å². The van der Waals surface area contributed by atoms with E-state index in [1.165, 1.54) is 0 Å². The van der Waals surface area contributed by atoms with E-state index < -0.39 is 0 Å². The van der Waals surface area contributed by atoms with Gasteiger partial charge in [-0.15, -0.1) is 0 Å². The predicted molar refractivity (Wildman–Crippen MR) is 108 cm³/mol. The SMILES string of the molecule is CC(C)(c1ccc(O)cc1)c1ccc(OCl)cc1.O=COCCOCCOC=O. The van der Waals surface area contributed by atoms with Crippen molar-refractivity contribution in [1.82, 2.24) is 0 Å². The molecule has 0 aliphatic rings. The predicted octanol–water partition coefficient (Wildman–Crippen LogP) is 3.60. The highest BCUT2D eigenvalue weighted by Crippen LogP contribution is 2.33. The third kappa shape index (κ3) is 8.85. The Bertz CT molecular complexity index is 703. The Balaban J connectivity index is 0.000000331.